The number of aromatic nitrogens is 6. The Hall–Kier alpha value is -2.05. The van der Waals surface area contributed by atoms with E-state index in [2.05, 4.69) is 44.7 Å². The van der Waals surface area contributed by atoms with E-state index in [9.17, 15) is 0 Å². The van der Waals surface area contributed by atoms with Gasteiger partial charge in [-0.2, -0.15) is 5.10 Å². The molecule has 7 nitrogen and oxygen atoms in total. The van der Waals surface area contributed by atoms with Crippen LogP contribution in [-0.2, 0) is 19.4 Å². The van der Waals surface area contributed by atoms with Crippen molar-refractivity contribution in [2.24, 2.45) is 0 Å². The van der Waals surface area contributed by atoms with Crippen LogP contribution in [0.1, 0.15) is 31.7 Å². The lowest BCUT2D eigenvalue weighted by Crippen LogP contribution is -2.12. The second-order valence-corrected chi connectivity index (χ2v) is 4.18. The molecule has 0 bridgehead atoms. The zero-order valence-electron chi connectivity index (χ0n) is 11.4. The Morgan fingerprint density at radius 3 is 2.68 bits per heavy atom. The molecule has 0 saturated heterocycles. The minimum atomic E-state index is 0.604. The van der Waals surface area contributed by atoms with Crippen LogP contribution in [0.3, 0.4) is 0 Å². The monoisotopic (exact) mass is 261 g/mol. The van der Waals surface area contributed by atoms with Gasteiger partial charge in [0, 0.05) is 19.3 Å². The molecule has 0 fully saturated rings. The van der Waals surface area contributed by atoms with Crippen LogP contribution >= 0.6 is 0 Å². The van der Waals surface area contributed by atoms with Crippen LogP contribution in [0.5, 0.6) is 0 Å². The van der Waals surface area contributed by atoms with Crippen molar-refractivity contribution in [1.82, 2.24) is 30.2 Å². The molecule has 0 aliphatic rings. The third kappa shape index (κ3) is 3.70. The first-order valence-electron chi connectivity index (χ1n) is 6.64. The predicted octanol–water partition coefficient (Wildman–Crippen LogP) is 1.09. The summed E-state index contributed by atoms with van der Waals surface area (Å²) in [6.45, 7) is 5.76. The highest BCUT2D eigenvalue weighted by Gasteiger charge is 2.05. The first kappa shape index (κ1) is 13.4. The molecule has 19 heavy (non-hydrogen) atoms. The summed E-state index contributed by atoms with van der Waals surface area (Å²) in [6, 6.07) is 0. The lowest BCUT2D eigenvalue weighted by molar-refractivity contribution is 0.568. The molecular weight excluding hydrogens is 242 g/mol. The Labute approximate surface area is 112 Å². The number of hydrogen-bond donors (Lipinski definition) is 1. The smallest absolute Gasteiger partial charge is 0.242 e. The molecule has 2 heterocycles. The Balaban J connectivity index is 1.82. The highest BCUT2D eigenvalue weighted by Crippen LogP contribution is 2.06. The second kappa shape index (κ2) is 6.77. The summed E-state index contributed by atoms with van der Waals surface area (Å²) in [5, 5.41) is 19.1. The van der Waals surface area contributed by atoms with Gasteiger partial charge in [0.05, 0.1) is 17.6 Å². The SMILES string of the molecule is CCc1nnc(NCCCn2ccnn2)nc1CC. The maximum atomic E-state index is 4.48. The standard InChI is InChI=1S/C12H19N7/c1-3-10-11(4-2)16-17-12(15-10)13-6-5-8-19-9-7-14-18-19/h7,9H,3-6,8H2,1-2H3,(H,13,15,17). The highest BCUT2D eigenvalue weighted by molar-refractivity contribution is 5.25. The van der Waals surface area contributed by atoms with Crippen molar-refractivity contribution < 1.29 is 0 Å². The van der Waals surface area contributed by atoms with Crippen LogP contribution in [0.15, 0.2) is 12.4 Å². The van der Waals surface area contributed by atoms with Gasteiger partial charge in [-0.25, -0.2) is 4.98 Å². The van der Waals surface area contributed by atoms with Crippen LogP contribution in [-0.4, -0.2) is 36.7 Å². The van der Waals surface area contributed by atoms with Gasteiger partial charge in [-0.15, -0.1) is 10.2 Å². The van der Waals surface area contributed by atoms with E-state index >= 15 is 0 Å². The molecular formula is C12H19N7. The summed E-state index contributed by atoms with van der Waals surface area (Å²) < 4.78 is 1.80. The maximum absolute atomic E-state index is 4.48. The summed E-state index contributed by atoms with van der Waals surface area (Å²) in [4.78, 5) is 4.48. The molecule has 2 rings (SSSR count). The molecule has 7 heteroatoms. The van der Waals surface area contributed by atoms with Gasteiger partial charge < -0.3 is 5.32 Å². The molecule has 1 N–H and O–H groups in total. The Morgan fingerprint density at radius 2 is 2.00 bits per heavy atom. The molecule has 0 aliphatic carbocycles. The van der Waals surface area contributed by atoms with Gasteiger partial charge in [-0.05, 0) is 19.3 Å². The number of rotatable bonds is 7. The fourth-order valence-corrected chi connectivity index (χ4v) is 1.81. The van der Waals surface area contributed by atoms with Crippen molar-refractivity contribution in [3.63, 3.8) is 0 Å². The highest BCUT2D eigenvalue weighted by atomic mass is 15.4. The van der Waals surface area contributed by atoms with Crippen molar-refractivity contribution >= 4 is 5.95 Å². The van der Waals surface area contributed by atoms with Gasteiger partial charge in [-0.1, -0.05) is 19.1 Å². The summed E-state index contributed by atoms with van der Waals surface area (Å²) in [7, 11) is 0. The number of hydrogen-bond acceptors (Lipinski definition) is 6. The Kier molecular flexibility index (Phi) is 4.77. The molecule has 0 saturated carbocycles. The third-order valence-electron chi connectivity index (χ3n) is 2.83. The minimum absolute atomic E-state index is 0.604. The summed E-state index contributed by atoms with van der Waals surface area (Å²) >= 11 is 0. The number of aryl methyl sites for hydroxylation is 3. The van der Waals surface area contributed by atoms with E-state index in [1.54, 1.807) is 10.9 Å². The van der Waals surface area contributed by atoms with Crippen LogP contribution < -0.4 is 5.32 Å². The predicted molar refractivity (Wildman–Crippen MR) is 71.7 cm³/mol. The average Bonchev–Trinajstić information content (AvgIpc) is 2.96. The van der Waals surface area contributed by atoms with E-state index in [1.807, 2.05) is 6.20 Å². The van der Waals surface area contributed by atoms with E-state index in [1.165, 1.54) is 0 Å². The van der Waals surface area contributed by atoms with Gasteiger partial charge >= 0.3 is 0 Å². The van der Waals surface area contributed by atoms with E-state index in [0.717, 1.165) is 43.7 Å². The van der Waals surface area contributed by atoms with Crippen molar-refractivity contribution in [3.8, 4) is 0 Å². The maximum Gasteiger partial charge on any atom is 0.242 e. The summed E-state index contributed by atoms with van der Waals surface area (Å²) in [6.07, 6.45) is 6.21. The van der Waals surface area contributed by atoms with Crippen LogP contribution in [0.25, 0.3) is 0 Å². The van der Waals surface area contributed by atoms with E-state index in [4.69, 9.17) is 0 Å². The Morgan fingerprint density at radius 1 is 1.16 bits per heavy atom. The lowest BCUT2D eigenvalue weighted by atomic mass is 10.2. The molecule has 0 aliphatic heterocycles. The van der Waals surface area contributed by atoms with Crippen molar-refractivity contribution in [3.05, 3.63) is 23.8 Å². The van der Waals surface area contributed by atoms with Crippen LogP contribution in [0.4, 0.5) is 5.95 Å². The first-order chi connectivity index (χ1) is 9.33. The van der Waals surface area contributed by atoms with Crippen LogP contribution in [0, 0.1) is 0 Å². The molecule has 2 aromatic heterocycles. The lowest BCUT2D eigenvalue weighted by Gasteiger charge is -2.07. The van der Waals surface area contributed by atoms with Crippen molar-refractivity contribution in [1.29, 1.82) is 0 Å². The first-order valence-corrected chi connectivity index (χ1v) is 6.64. The molecule has 102 valence electrons. The van der Waals surface area contributed by atoms with E-state index in [-0.39, 0.29) is 0 Å². The van der Waals surface area contributed by atoms with E-state index in [0.29, 0.717) is 5.95 Å². The zero-order chi connectivity index (χ0) is 13.5. The molecule has 2 aromatic rings. The minimum Gasteiger partial charge on any atom is -0.353 e. The summed E-state index contributed by atoms with van der Waals surface area (Å²) in [5.41, 5.74) is 2.01. The molecule has 0 spiro atoms. The van der Waals surface area contributed by atoms with Gasteiger partial charge in [0.25, 0.3) is 0 Å². The number of nitrogens with zero attached hydrogens (tertiary/aromatic N) is 6. The normalized spacial score (nSPS) is 10.6. The van der Waals surface area contributed by atoms with Crippen molar-refractivity contribution in [2.75, 3.05) is 11.9 Å². The molecule has 0 amide bonds. The van der Waals surface area contributed by atoms with Gasteiger partial charge in [0.1, 0.15) is 0 Å². The molecule has 0 atom stereocenters. The molecule has 0 radical (unpaired) electrons. The van der Waals surface area contributed by atoms with Gasteiger partial charge in [0.2, 0.25) is 5.95 Å². The fourth-order valence-electron chi connectivity index (χ4n) is 1.81. The largest absolute Gasteiger partial charge is 0.353 e. The third-order valence-corrected chi connectivity index (χ3v) is 2.83. The quantitative estimate of drug-likeness (QED) is 0.751. The summed E-state index contributed by atoms with van der Waals surface area (Å²) in [5.74, 6) is 0.604. The van der Waals surface area contributed by atoms with E-state index < -0.39 is 0 Å². The Bertz CT molecular complexity index is 495. The average molecular weight is 261 g/mol. The topological polar surface area (TPSA) is 81.4 Å². The number of anilines is 1. The molecule has 0 aromatic carbocycles. The van der Waals surface area contributed by atoms with Gasteiger partial charge in [0.15, 0.2) is 0 Å². The molecule has 0 unspecified atom stereocenters. The second-order valence-electron chi connectivity index (χ2n) is 4.18. The zero-order valence-corrected chi connectivity index (χ0v) is 11.4. The van der Waals surface area contributed by atoms with Gasteiger partial charge in [-0.3, -0.25) is 4.68 Å². The number of nitrogens with one attached hydrogen (secondary N) is 1. The fraction of sp³-hybridized carbons (Fsp3) is 0.583. The van der Waals surface area contributed by atoms with Crippen LogP contribution in [0.2, 0.25) is 0 Å². The van der Waals surface area contributed by atoms with Crippen molar-refractivity contribution in [2.45, 2.75) is 39.7 Å².